The molecule has 25 heavy (non-hydrogen) atoms. The molecular weight excluding hydrogens is 356 g/mol. The number of carbonyl (C=O) groups excluding carboxylic acids is 1. The molecule has 0 radical (unpaired) electrons. The molecule has 3 N–H and O–H groups in total. The van der Waals surface area contributed by atoms with E-state index < -0.39 is 0 Å². The highest BCUT2D eigenvalue weighted by molar-refractivity contribution is 7.78. The number of hydrogen-bond acceptors (Lipinski definition) is 4. The van der Waals surface area contributed by atoms with Gasteiger partial charge in [-0.3, -0.25) is 10.1 Å². The molecule has 7 heteroatoms. The number of benzene rings is 1. The van der Waals surface area contributed by atoms with Crippen molar-refractivity contribution in [1.82, 2.24) is 15.6 Å². The first-order valence-corrected chi connectivity index (χ1v) is 8.99. The zero-order valence-electron chi connectivity index (χ0n) is 13.4. The van der Waals surface area contributed by atoms with Crippen molar-refractivity contribution >= 4 is 40.4 Å². The Morgan fingerprint density at radius 3 is 3.00 bits per heavy atom. The lowest BCUT2D eigenvalue weighted by molar-refractivity contribution is 0.0957. The van der Waals surface area contributed by atoms with Crippen LogP contribution in [0.15, 0.2) is 36.3 Å². The first kappa shape index (κ1) is 16.4. The van der Waals surface area contributed by atoms with Gasteiger partial charge in [-0.1, -0.05) is 17.7 Å². The van der Waals surface area contributed by atoms with E-state index >= 15 is 0 Å². The Hall–Kier alpha value is -2.11. The van der Waals surface area contributed by atoms with E-state index in [1.807, 2.05) is 29.2 Å². The summed E-state index contributed by atoms with van der Waals surface area (Å²) in [5, 5.41) is 9.73. The average molecular weight is 373 g/mol. The maximum Gasteiger partial charge on any atom is 0.275 e. The standard InChI is InChI=1S/C18H17ClN4OS/c19-12-4-3-11(13(8-12)14-2-1-6-20-14)9-23-15-5-7-21-17(15)18(24)22-16(23)10-25/h3-5,7-8,14,20-21H,1-2,6,9H2,(H,22,24)/t14-/m1/s1. The van der Waals surface area contributed by atoms with Crippen LogP contribution in [-0.4, -0.2) is 22.5 Å². The number of fused-ring (bicyclic) bond motifs is 1. The number of H-pyrrole nitrogens is 1. The number of rotatable bonds is 3. The molecule has 0 saturated carbocycles. The van der Waals surface area contributed by atoms with E-state index in [1.165, 1.54) is 5.56 Å². The third-order valence-corrected chi connectivity index (χ3v) is 5.14. The molecule has 3 heterocycles. The number of amides is 1. The van der Waals surface area contributed by atoms with E-state index in [0.29, 0.717) is 24.1 Å². The van der Waals surface area contributed by atoms with Gasteiger partial charge in [0.05, 0.1) is 12.2 Å². The van der Waals surface area contributed by atoms with Crippen LogP contribution >= 0.6 is 23.8 Å². The maximum absolute atomic E-state index is 12.1. The van der Waals surface area contributed by atoms with Crippen molar-refractivity contribution in [2.24, 2.45) is 0 Å². The van der Waals surface area contributed by atoms with Crippen LogP contribution in [0.1, 0.15) is 40.5 Å². The topological polar surface area (TPSA) is 60.2 Å². The minimum atomic E-state index is -0.197. The molecule has 2 aliphatic heterocycles. The fourth-order valence-electron chi connectivity index (χ4n) is 3.53. The van der Waals surface area contributed by atoms with Crippen LogP contribution in [0.3, 0.4) is 0 Å². The number of hydrogen-bond donors (Lipinski definition) is 3. The van der Waals surface area contributed by atoms with Crippen molar-refractivity contribution in [2.75, 3.05) is 11.4 Å². The lowest BCUT2D eigenvalue weighted by atomic mass is 9.98. The van der Waals surface area contributed by atoms with E-state index in [0.717, 1.165) is 35.7 Å². The van der Waals surface area contributed by atoms with Crippen molar-refractivity contribution < 1.29 is 4.79 Å². The quantitative estimate of drug-likeness (QED) is 0.724. The summed E-state index contributed by atoms with van der Waals surface area (Å²) in [6.07, 6.45) is 4.00. The van der Waals surface area contributed by atoms with Gasteiger partial charge in [0.1, 0.15) is 5.69 Å². The summed E-state index contributed by atoms with van der Waals surface area (Å²) >= 11 is 11.2. The number of aromatic nitrogens is 1. The van der Waals surface area contributed by atoms with Gasteiger partial charge in [0.15, 0.2) is 5.82 Å². The zero-order valence-corrected chi connectivity index (χ0v) is 15.0. The molecule has 1 aromatic heterocycles. The SMILES string of the molecule is O=C1NC(=C=S)N(Cc2ccc(Cl)cc2[C@H]2CCCN2)c2cc[nH]c21. The number of anilines is 1. The van der Waals surface area contributed by atoms with Crippen molar-refractivity contribution in [3.63, 3.8) is 0 Å². The molecule has 2 aromatic rings. The van der Waals surface area contributed by atoms with Crippen LogP contribution < -0.4 is 15.5 Å². The second-order valence-corrected chi connectivity index (χ2v) is 6.86. The summed E-state index contributed by atoms with van der Waals surface area (Å²) in [7, 11) is 0. The summed E-state index contributed by atoms with van der Waals surface area (Å²) < 4.78 is 0. The van der Waals surface area contributed by atoms with Crippen LogP contribution in [0.5, 0.6) is 0 Å². The fourth-order valence-corrected chi connectivity index (χ4v) is 3.87. The van der Waals surface area contributed by atoms with Gasteiger partial charge in [0.2, 0.25) is 0 Å². The number of thiocarbonyl (C=S) groups is 1. The first-order chi connectivity index (χ1) is 12.2. The van der Waals surface area contributed by atoms with Crippen LogP contribution in [-0.2, 0) is 6.54 Å². The first-order valence-electron chi connectivity index (χ1n) is 8.20. The van der Waals surface area contributed by atoms with E-state index in [1.54, 1.807) is 6.20 Å². The van der Waals surface area contributed by atoms with Crippen LogP contribution in [0.25, 0.3) is 0 Å². The monoisotopic (exact) mass is 372 g/mol. The Morgan fingerprint density at radius 1 is 1.36 bits per heavy atom. The summed E-state index contributed by atoms with van der Waals surface area (Å²) in [4.78, 5) is 17.1. The molecule has 2 aliphatic rings. The van der Waals surface area contributed by atoms with E-state index in [2.05, 4.69) is 20.6 Å². The predicted molar refractivity (Wildman–Crippen MR) is 102 cm³/mol. The molecular formula is C18H17ClN4OS. The summed E-state index contributed by atoms with van der Waals surface area (Å²) in [6, 6.07) is 8.16. The normalized spacial score (nSPS) is 19.6. The smallest absolute Gasteiger partial charge is 0.275 e. The molecule has 128 valence electrons. The van der Waals surface area contributed by atoms with Gasteiger partial charge in [-0.15, -0.1) is 0 Å². The van der Waals surface area contributed by atoms with Gasteiger partial charge in [-0.05, 0) is 66.0 Å². The Bertz CT molecular complexity index is 881. The van der Waals surface area contributed by atoms with Gasteiger partial charge in [0, 0.05) is 17.3 Å². The Morgan fingerprint density at radius 2 is 2.24 bits per heavy atom. The molecule has 0 aliphatic carbocycles. The molecule has 0 bridgehead atoms. The van der Waals surface area contributed by atoms with Crippen molar-refractivity contribution in [1.29, 1.82) is 0 Å². The van der Waals surface area contributed by atoms with Crippen molar-refractivity contribution in [3.8, 4) is 0 Å². The molecule has 4 rings (SSSR count). The number of aromatic amines is 1. The lowest BCUT2D eigenvalue weighted by Gasteiger charge is -2.31. The van der Waals surface area contributed by atoms with Gasteiger partial charge in [-0.2, -0.15) is 0 Å². The number of halogens is 1. The van der Waals surface area contributed by atoms with E-state index in [9.17, 15) is 4.79 Å². The fraction of sp³-hybridized carbons (Fsp3) is 0.278. The Labute approximate surface area is 156 Å². The van der Waals surface area contributed by atoms with Gasteiger partial charge in [0.25, 0.3) is 5.91 Å². The zero-order chi connectivity index (χ0) is 17.4. The molecule has 0 spiro atoms. The second kappa shape index (κ2) is 6.65. The van der Waals surface area contributed by atoms with Gasteiger partial charge in [-0.25, -0.2) is 0 Å². The minimum absolute atomic E-state index is 0.197. The number of carbonyl (C=O) groups is 1. The average Bonchev–Trinajstić information content (AvgIpc) is 3.30. The highest BCUT2D eigenvalue weighted by Crippen LogP contribution is 2.33. The highest BCUT2D eigenvalue weighted by atomic mass is 35.5. The summed E-state index contributed by atoms with van der Waals surface area (Å²) in [5.74, 6) is 0.296. The number of nitrogens with one attached hydrogen (secondary N) is 3. The summed E-state index contributed by atoms with van der Waals surface area (Å²) in [6.45, 7) is 1.60. The molecule has 1 aromatic carbocycles. The lowest BCUT2D eigenvalue weighted by Crippen LogP contribution is -2.41. The maximum atomic E-state index is 12.1. The predicted octanol–water partition coefficient (Wildman–Crippen LogP) is 3.28. The van der Waals surface area contributed by atoms with Crippen LogP contribution in [0, 0.1) is 0 Å². The molecule has 0 unspecified atom stereocenters. The molecule has 1 saturated heterocycles. The van der Waals surface area contributed by atoms with Crippen molar-refractivity contribution in [3.05, 3.63) is 58.1 Å². The van der Waals surface area contributed by atoms with Gasteiger partial charge < -0.3 is 15.2 Å². The highest BCUT2D eigenvalue weighted by Gasteiger charge is 2.29. The minimum Gasteiger partial charge on any atom is -0.355 e. The molecule has 1 fully saturated rings. The van der Waals surface area contributed by atoms with Crippen molar-refractivity contribution in [2.45, 2.75) is 25.4 Å². The largest absolute Gasteiger partial charge is 0.355 e. The van der Waals surface area contributed by atoms with E-state index in [-0.39, 0.29) is 5.91 Å². The van der Waals surface area contributed by atoms with Crippen LogP contribution in [0.2, 0.25) is 5.02 Å². The molecule has 5 nitrogen and oxygen atoms in total. The Balaban J connectivity index is 1.74. The molecule has 1 atom stereocenters. The van der Waals surface area contributed by atoms with E-state index in [4.69, 9.17) is 23.8 Å². The number of nitrogens with zero attached hydrogens (tertiary/aromatic N) is 1. The third-order valence-electron chi connectivity index (χ3n) is 4.71. The summed E-state index contributed by atoms with van der Waals surface area (Å²) in [5.41, 5.74) is 3.68. The molecule has 1 amide bonds. The second-order valence-electron chi connectivity index (χ2n) is 6.22. The third kappa shape index (κ3) is 2.98. The van der Waals surface area contributed by atoms with Crippen LogP contribution in [0.4, 0.5) is 5.69 Å². The van der Waals surface area contributed by atoms with Gasteiger partial charge >= 0.3 is 0 Å². The Kier molecular flexibility index (Phi) is 4.36.